The fraction of sp³-hybridized carbons (Fsp3) is 0. The standard InChI is InChI=1S/C12H8O2.C8H7Cl/c1-2-6-10-9(5-1)13-11-7-3-4-8-12(11)14-10;9-7-6-8-4-2-1-3-5-8/h1-8H;1-7H. The number of benzene rings is 3. The third-order valence-corrected chi connectivity index (χ3v) is 3.32. The van der Waals surface area contributed by atoms with E-state index in [4.69, 9.17) is 21.1 Å². The van der Waals surface area contributed by atoms with Crippen molar-refractivity contribution in [3.05, 3.63) is 90.0 Å². The predicted molar refractivity (Wildman–Crippen MR) is 94.4 cm³/mol. The van der Waals surface area contributed by atoms with Gasteiger partial charge in [-0.05, 0) is 35.9 Å². The minimum Gasteiger partial charge on any atom is -0.450 e. The van der Waals surface area contributed by atoms with Crippen molar-refractivity contribution in [1.29, 1.82) is 0 Å². The molecule has 0 spiro atoms. The maximum atomic E-state index is 5.65. The molecule has 0 saturated carbocycles. The van der Waals surface area contributed by atoms with Crippen LogP contribution in [0.4, 0.5) is 0 Å². The number of hydrogen-bond donors (Lipinski definition) is 0. The molecular weight excluding hydrogens is 308 g/mol. The van der Waals surface area contributed by atoms with E-state index in [1.165, 1.54) is 5.54 Å². The Bertz CT molecular complexity index is 710. The van der Waals surface area contributed by atoms with Crippen LogP contribution in [0.15, 0.2) is 84.4 Å². The highest BCUT2D eigenvalue weighted by Crippen LogP contribution is 2.44. The van der Waals surface area contributed by atoms with Crippen LogP contribution in [0.5, 0.6) is 23.0 Å². The Hall–Kier alpha value is -2.71. The molecular formula is C20H15ClO2. The highest BCUT2D eigenvalue weighted by molar-refractivity contribution is 6.27. The quantitative estimate of drug-likeness (QED) is 0.399. The molecule has 0 N–H and O–H groups in total. The lowest BCUT2D eigenvalue weighted by atomic mass is 10.2. The Morgan fingerprint density at radius 1 is 0.565 bits per heavy atom. The molecule has 3 aromatic carbocycles. The number of hydrogen-bond acceptors (Lipinski definition) is 2. The third-order valence-electron chi connectivity index (χ3n) is 3.19. The Balaban J connectivity index is 0.000000151. The summed E-state index contributed by atoms with van der Waals surface area (Å²) in [6.45, 7) is 0. The molecule has 0 aliphatic carbocycles. The Morgan fingerprint density at radius 3 is 1.35 bits per heavy atom. The molecule has 0 unspecified atom stereocenters. The van der Waals surface area contributed by atoms with Crippen LogP contribution in [0.25, 0.3) is 6.08 Å². The topological polar surface area (TPSA) is 18.5 Å². The molecule has 0 radical (unpaired) electrons. The van der Waals surface area contributed by atoms with Gasteiger partial charge in [-0.2, -0.15) is 0 Å². The smallest absolute Gasteiger partial charge is 0.170 e. The molecule has 23 heavy (non-hydrogen) atoms. The van der Waals surface area contributed by atoms with Gasteiger partial charge in [-0.3, -0.25) is 0 Å². The molecule has 0 saturated heterocycles. The molecule has 4 rings (SSSR count). The van der Waals surface area contributed by atoms with Crippen LogP contribution in [0.2, 0.25) is 0 Å². The van der Waals surface area contributed by atoms with Crippen molar-refractivity contribution >= 4 is 17.7 Å². The summed E-state index contributed by atoms with van der Waals surface area (Å²) in [5.74, 6) is 3.08. The van der Waals surface area contributed by atoms with Gasteiger partial charge in [0.05, 0.1) is 0 Å². The van der Waals surface area contributed by atoms with Gasteiger partial charge in [-0.1, -0.05) is 66.2 Å². The van der Waals surface area contributed by atoms with Crippen molar-refractivity contribution in [3.8, 4) is 23.0 Å². The summed E-state index contributed by atoms with van der Waals surface area (Å²) in [6, 6.07) is 25.2. The molecule has 1 heterocycles. The minimum absolute atomic E-state index is 0.770. The zero-order valence-corrected chi connectivity index (χ0v) is 13.1. The largest absolute Gasteiger partial charge is 0.450 e. The lowest BCUT2D eigenvalue weighted by Crippen LogP contribution is -1.97. The monoisotopic (exact) mass is 322 g/mol. The van der Waals surface area contributed by atoms with E-state index in [0.717, 1.165) is 28.6 Å². The first-order valence-electron chi connectivity index (χ1n) is 7.22. The lowest BCUT2D eigenvalue weighted by molar-refractivity contribution is 0.359. The Labute approximate surface area is 140 Å². The molecule has 0 fully saturated rings. The molecule has 114 valence electrons. The lowest BCUT2D eigenvalue weighted by Gasteiger charge is -2.19. The van der Waals surface area contributed by atoms with E-state index < -0.39 is 0 Å². The van der Waals surface area contributed by atoms with Crippen LogP contribution in [0, 0.1) is 0 Å². The number of halogens is 1. The van der Waals surface area contributed by atoms with Gasteiger partial charge in [0.15, 0.2) is 23.0 Å². The van der Waals surface area contributed by atoms with Gasteiger partial charge in [0, 0.05) is 5.54 Å². The van der Waals surface area contributed by atoms with Crippen molar-refractivity contribution in [1.82, 2.24) is 0 Å². The van der Waals surface area contributed by atoms with E-state index >= 15 is 0 Å². The Kier molecular flexibility index (Phi) is 4.97. The fourth-order valence-electron chi connectivity index (χ4n) is 2.11. The van der Waals surface area contributed by atoms with Gasteiger partial charge in [0.2, 0.25) is 0 Å². The second kappa shape index (κ2) is 7.52. The fourth-order valence-corrected chi connectivity index (χ4v) is 2.26. The normalized spacial score (nSPS) is 11.3. The second-order valence-corrected chi connectivity index (χ2v) is 5.05. The summed E-state index contributed by atoms with van der Waals surface area (Å²) in [5.41, 5.74) is 2.64. The van der Waals surface area contributed by atoms with Crippen LogP contribution >= 0.6 is 11.6 Å². The van der Waals surface area contributed by atoms with E-state index in [0.29, 0.717) is 0 Å². The summed E-state index contributed by atoms with van der Waals surface area (Å²) < 4.78 is 11.3. The van der Waals surface area contributed by atoms with Crippen LogP contribution in [0.3, 0.4) is 0 Å². The first-order chi connectivity index (χ1) is 11.4. The van der Waals surface area contributed by atoms with Crippen molar-refractivity contribution in [2.45, 2.75) is 0 Å². The summed E-state index contributed by atoms with van der Waals surface area (Å²) >= 11 is 5.36. The third kappa shape index (κ3) is 3.93. The first kappa shape index (κ1) is 15.2. The first-order valence-corrected chi connectivity index (χ1v) is 7.66. The van der Waals surface area contributed by atoms with E-state index in [9.17, 15) is 0 Å². The van der Waals surface area contributed by atoms with Gasteiger partial charge >= 0.3 is 0 Å². The molecule has 1 aliphatic heterocycles. The van der Waals surface area contributed by atoms with E-state index in [1.807, 2.05) is 84.9 Å². The van der Waals surface area contributed by atoms with E-state index in [-0.39, 0.29) is 0 Å². The number of rotatable bonds is 1. The minimum atomic E-state index is 0.770. The van der Waals surface area contributed by atoms with Gasteiger partial charge in [0.1, 0.15) is 0 Å². The van der Waals surface area contributed by atoms with Crippen molar-refractivity contribution < 1.29 is 9.47 Å². The molecule has 0 atom stereocenters. The van der Waals surface area contributed by atoms with Crippen LogP contribution in [-0.2, 0) is 0 Å². The maximum Gasteiger partial charge on any atom is 0.170 e. The summed E-state index contributed by atoms with van der Waals surface area (Å²) in [6.07, 6.45) is 1.85. The zero-order chi connectivity index (χ0) is 15.9. The Morgan fingerprint density at radius 2 is 0.957 bits per heavy atom. The van der Waals surface area contributed by atoms with Gasteiger partial charge in [0.25, 0.3) is 0 Å². The van der Waals surface area contributed by atoms with Crippen molar-refractivity contribution in [2.75, 3.05) is 0 Å². The molecule has 3 aromatic rings. The van der Waals surface area contributed by atoms with Gasteiger partial charge < -0.3 is 9.47 Å². The van der Waals surface area contributed by atoms with E-state index in [2.05, 4.69) is 0 Å². The SMILES string of the molecule is ClC=Cc1ccccc1.c1ccc2c(c1)Oc1ccccc1O2. The number of ether oxygens (including phenoxy) is 2. The second-order valence-electron chi connectivity index (χ2n) is 4.80. The van der Waals surface area contributed by atoms with Crippen molar-refractivity contribution in [2.24, 2.45) is 0 Å². The van der Waals surface area contributed by atoms with Gasteiger partial charge in [-0.15, -0.1) is 0 Å². The summed E-state index contributed by atoms with van der Waals surface area (Å²) in [4.78, 5) is 0. The molecule has 2 nitrogen and oxygen atoms in total. The average molecular weight is 323 g/mol. The number of para-hydroxylation sites is 4. The maximum absolute atomic E-state index is 5.65. The molecule has 0 aromatic heterocycles. The molecule has 0 bridgehead atoms. The number of fused-ring (bicyclic) bond motifs is 2. The molecule has 0 amide bonds. The van der Waals surface area contributed by atoms with E-state index in [1.54, 1.807) is 0 Å². The molecule has 3 heteroatoms. The predicted octanol–water partition coefficient (Wildman–Crippen LogP) is 6.48. The zero-order valence-electron chi connectivity index (χ0n) is 12.4. The average Bonchev–Trinajstić information content (AvgIpc) is 2.62. The van der Waals surface area contributed by atoms with Crippen LogP contribution in [-0.4, -0.2) is 0 Å². The summed E-state index contributed by atoms with van der Waals surface area (Å²) in [7, 11) is 0. The molecule has 1 aliphatic rings. The van der Waals surface area contributed by atoms with Crippen LogP contribution < -0.4 is 9.47 Å². The highest BCUT2D eigenvalue weighted by Gasteiger charge is 2.16. The highest BCUT2D eigenvalue weighted by atomic mass is 35.5. The van der Waals surface area contributed by atoms with Crippen LogP contribution in [0.1, 0.15) is 5.56 Å². The summed E-state index contributed by atoms with van der Waals surface area (Å²) in [5, 5.41) is 0. The van der Waals surface area contributed by atoms with Crippen molar-refractivity contribution in [3.63, 3.8) is 0 Å². The van der Waals surface area contributed by atoms with Gasteiger partial charge in [-0.25, -0.2) is 0 Å².